The van der Waals surface area contributed by atoms with Crippen LogP contribution in [-0.4, -0.2) is 70.8 Å². The Balaban J connectivity index is 1.34. The lowest BCUT2D eigenvalue weighted by atomic mass is 9.74. The summed E-state index contributed by atoms with van der Waals surface area (Å²) in [7, 11) is -3.39. The van der Waals surface area contributed by atoms with Gasteiger partial charge in [0.25, 0.3) is 0 Å². The first-order valence-electron chi connectivity index (χ1n) is 14.2. The molecule has 220 valence electrons. The molecule has 1 aliphatic carbocycles. The number of likely N-dealkylation sites (tertiary alicyclic amines) is 1. The number of fused-ring (bicyclic) bond motifs is 2. The number of aliphatic hydroxyl groups is 1. The van der Waals surface area contributed by atoms with Crippen LogP contribution in [0.25, 0.3) is 5.57 Å². The Morgan fingerprint density at radius 1 is 1.27 bits per heavy atom. The van der Waals surface area contributed by atoms with Crippen LogP contribution < -0.4 is 0 Å². The fraction of sp³-hybridized carbons (Fsp3) is 0.469. The van der Waals surface area contributed by atoms with E-state index in [0.717, 1.165) is 53.9 Å². The van der Waals surface area contributed by atoms with Gasteiger partial charge in [-0.2, -0.15) is 4.31 Å². The van der Waals surface area contributed by atoms with Crippen molar-refractivity contribution < 1.29 is 18.3 Å². The minimum atomic E-state index is -3.39. The molecule has 41 heavy (non-hydrogen) atoms. The van der Waals surface area contributed by atoms with E-state index in [2.05, 4.69) is 41.1 Å². The Labute approximate surface area is 249 Å². The van der Waals surface area contributed by atoms with Gasteiger partial charge in [0.05, 0.1) is 29.8 Å². The summed E-state index contributed by atoms with van der Waals surface area (Å²) in [6, 6.07) is 11.3. The largest absolute Gasteiger partial charge is 0.386 e. The second-order valence-electron chi connectivity index (χ2n) is 12.1. The third kappa shape index (κ3) is 6.85. The summed E-state index contributed by atoms with van der Waals surface area (Å²) in [5.74, 6) is -0.0780. The molecule has 0 radical (unpaired) electrons. The van der Waals surface area contributed by atoms with Crippen LogP contribution in [0.1, 0.15) is 50.4 Å². The lowest BCUT2D eigenvalue weighted by Crippen LogP contribution is -2.41. The number of aromatic nitrogens is 1. The molecular formula is C32H40ClN3O4S. The second-order valence-corrected chi connectivity index (χ2v) is 14.5. The normalized spacial score (nSPS) is 26.1. The van der Waals surface area contributed by atoms with Gasteiger partial charge < -0.3 is 14.7 Å². The van der Waals surface area contributed by atoms with Crippen molar-refractivity contribution in [2.24, 2.45) is 5.92 Å². The van der Waals surface area contributed by atoms with E-state index < -0.39 is 21.2 Å². The summed E-state index contributed by atoms with van der Waals surface area (Å²) in [5.41, 5.74) is 3.41. The molecule has 0 amide bonds. The molecule has 3 atom stereocenters. The fourth-order valence-electron chi connectivity index (χ4n) is 6.09. The van der Waals surface area contributed by atoms with Crippen molar-refractivity contribution in [3.05, 3.63) is 94.3 Å². The SMILES string of the molecule is CC(C)(O)C1=CC2/C(=C/CCN3CCC(N(Cc4ccc(Cl)cc4)S(C)(=O)=O)C3)c3cccnc3COC2(C)C=C1. The predicted molar refractivity (Wildman–Crippen MR) is 164 cm³/mol. The van der Waals surface area contributed by atoms with Gasteiger partial charge in [0.2, 0.25) is 10.0 Å². The van der Waals surface area contributed by atoms with Crippen LogP contribution in [0.5, 0.6) is 0 Å². The van der Waals surface area contributed by atoms with Crippen molar-refractivity contribution >= 4 is 27.2 Å². The quantitative estimate of drug-likeness (QED) is 0.449. The number of benzene rings is 1. The van der Waals surface area contributed by atoms with Gasteiger partial charge in [0, 0.05) is 48.4 Å². The maximum atomic E-state index is 12.8. The summed E-state index contributed by atoms with van der Waals surface area (Å²) in [6.45, 7) is 8.81. The van der Waals surface area contributed by atoms with Gasteiger partial charge in [-0.05, 0) is 75.1 Å². The summed E-state index contributed by atoms with van der Waals surface area (Å²) in [4.78, 5) is 6.97. The van der Waals surface area contributed by atoms with Crippen molar-refractivity contribution in [1.29, 1.82) is 0 Å². The second kappa shape index (κ2) is 11.7. The van der Waals surface area contributed by atoms with Crippen LogP contribution >= 0.6 is 11.6 Å². The maximum Gasteiger partial charge on any atom is 0.211 e. The number of halogens is 1. The number of hydrogen-bond acceptors (Lipinski definition) is 6. The van der Waals surface area contributed by atoms with Crippen LogP contribution in [0.15, 0.2) is 72.5 Å². The first kappa shape index (κ1) is 30.1. The first-order chi connectivity index (χ1) is 19.3. The molecule has 3 heterocycles. The first-order valence-corrected chi connectivity index (χ1v) is 16.4. The minimum Gasteiger partial charge on any atom is -0.386 e. The zero-order valence-electron chi connectivity index (χ0n) is 24.3. The maximum absolute atomic E-state index is 12.8. The highest BCUT2D eigenvalue weighted by Gasteiger charge is 2.41. The van der Waals surface area contributed by atoms with Gasteiger partial charge in [-0.3, -0.25) is 4.98 Å². The average Bonchev–Trinajstić information content (AvgIpc) is 3.32. The molecule has 1 aromatic carbocycles. The third-order valence-corrected chi connectivity index (χ3v) is 9.99. The van der Waals surface area contributed by atoms with Gasteiger partial charge in [-0.1, -0.05) is 54.1 Å². The molecule has 2 aromatic rings. The van der Waals surface area contributed by atoms with Crippen LogP contribution in [-0.2, 0) is 27.9 Å². The number of ether oxygens (including phenoxy) is 1. The number of hydrogen-bond donors (Lipinski definition) is 1. The molecule has 0 saturated carbocycles. The summed E-state index contributed by atoms with van der Waals surface area (Å²) in [5, 5.41) is 11.4. The number of pyridine rings is 1. The fourth-order valence-corrected chi connectivity index (χ4v) is 7.31. The molecule has 1 N–H and O–H groups in total. The van der Waals surface area contributed by atoms with E-state index in [-0.39, 0.29) is 12.0 Å². The van der Waals surface area contributed by atoms with Gasteiger partial charge in [0.15, 0.2) is 0 Å². The standard InChI is InChI=1S/C32H40ClN3O4S/c1-31(2,37)24-13-15-32(3)29(19-24)27(28-7-5-16-34-30(28)22-40-32)8-6-17-35-18-14-26(21-35)36(41(4,38)39)20-23-9-11-25(33)12-10-23/h5,7-13,15-16,19,26,29,37H,6,14,17-18,20-22H2,1-4H3/b27-8+. The highest BCUT2D eigenvalue weighted by Crippen LogP contribution is 2.45. The van der Waals surface area contributed by atoms with Crippen LogP contribution in [0, 0.1) is 5.92 Å². The Kier molecular flexibility index (Phi) is 8.63. The molecule has 9 heteroatoms. The molecular weight excluding hydrogens is 558 g/mol. The van der Waals surface area contributed by atoms with E-state index in [1.165, 1.54) is 6.26 Å². The number of sulfonamides is 1. The molecule has 1 saturated heterocycles. The Hall–Kier alpha value is -2.33. The molecule has 3 aliphatic rings. The van der Waals surface area contributed by atoms with Crippen molar-refractivity contribution in [3.8, 4) is 0 Å². The van der Waals surface area contributed by atoms with Crippen molar-refractivity contribution in [2.45, 2.75) is 64.0 Å². The van der Waals surface area contributed by atoms with Crippen molar-refractivity contribution in [2.75, 3.05) is 25.9 Å². The lowest BCUT2D eigenvalue weighted by molar-refractivity contribution is -0.0220. The third-order valence-electron chi connectivity index (χ3n) is 8.46. The van der Waals surface area contributed by atoms with Crippen LogP contribution in [0.2, 0.25) is 5.02 Å². The molecule has 0 spiro atoms. The lowest BCUT2D eigenvalue weighted by Gasteiger charge is -2.38. The Morgan fingerprint density at radius 2 is 2.02 bits per heavy atom. The van der Waals surface area contributed by atoms with Crippen molar-refractivity contribution in [1.82, 2.24) is 14.2 Å². The Morgan fingerprint density at radius 3 is 2.73 bits per heavy atom. The van der Waals surface area contributed by atoms with Gasteiger partial charge in [-0.25, -0.2) is 8.42 Å². The minimum absolute atomic E-state index is 0.0754. The van der Waals surface area contributed by atoms with E-state index in [9.17, 15) is 13.5 Å². The van der Waals surface area contributed by atoms with E-state index in [4.69, 9.17) is 16.3 Å². The monoisotopic (exact) mass is 597 g/mol. The average molecular weight is 598 g/mol. The van der Waals surface area contributed by atoms with E-state index in [1.807, 2.05) is 24.3 Å². The summed E-state index contributed by atoms with van der Waals surface area (Å²) < 4.78 is 33.6. The molecule has 7 nitrogen and oxygen atoms in total. The van der Waals surface area contributed by atoms with Gasteiger partial charge in [-0.15, -0.1) is 0 Å². The van der Waals surface area contributed by atoms with Crippen LogP contribution in [0.3, 0.4) is 0 Å². The topological polar surface area (TPSA) is 83.0 Å². The van der Waals surface area contributed by atoms with Crippen LogP contribution in [0.4, 0.5) is 0 Å². The van der Waals surface area contributed by atoms with Gasteiger partial charge >= 0.3 is 0 Å². The van der Waals surface area contributed by atoms with E-state index in [1.54, 1.807) is 36.5 Å². The van der Waals surface area contributed by atoms with Gasteiger partial charge in [0.1, 0.15) is 0 Å². The van der Waals surface area contributed by atoms with E-state index >= 15 is 0 Å². The Bertz CT molecular complexity index is 1460. The summed E-state index contributed by atoms with van der Waals surface area (Å²) >= 11 is 6.03. The predicted octanol–water partition coefficient (Wildman–Crippen LogP) is 5.22. The molecule has 1 fully saturated rings. The van der Waals surface area contributed by atoms with Crippen molar-refractivity contribution in [3.63, 3.8) is 0 Å². The number of rotatable bonds is 8. The van der Waals surface area contributed by atoms with E-state index in [0.29, 0.717) is 24.7 Å². The highest BCUT2D eigenvalue weighted by atomic mass is 35.5. The molecule has 1 aromatic heterocycles. The highest BCUT2D eigenvalue weighted by molar-refractivity contribution is 7.88. The molecule has 3 unspecified atom stereocenters. The molecule has 0 bridgehead atoms. The zero-order valence-corrected chi connectivity index (χ0v) is 25.8. The smallest absolute Gasteiger partial charge is 0.211 e. The number of nitrogens with zero attached hydrogens (tertiary/aromatic N) is 3. The zero-order chi connectivity index (χ0) is 29.4. The summed E-state index contributed by atoms with van der Waals surface area (Å²) in [6.07, 6.45) is 13.1. The molecule has 5 rings (SSSR count). The molecule has 2 aliphatic heterocycles.